The molecule has 0 aromatic heterocycles. The maximum atomic E-state index is 6.23. The van der Waals surface area contributed by atoms with E-state index in [1.54, 1.807) is 0 Å². The van der Waals surface area contributed by atoms with E-state index in [0.717, 1.165) is 19.0 Å². The van der Waals surface area contributed by atoms with E-state index in [-0.39, 0.29) is 6.04 Å². The fraction of sp³-hybridized carbons (Fsp3) is 0.538. The van der Waals surface area contributed by atoms with E-state index in [4.69, 9.17) is 10.5 Å². The summed E-state index contributed by atoms with van der Waals surface area (Å²) in [6.45, 7) is 6.03. The third-order valence-electron chi connectivity index (χ3n) is 2.95. The predicted octanol–water partition coefficient (Wildman–Crippen LogP) is 2.44. The van der Waals surface area contributed by atoms with E-state index in [1.807, 2.05) is 11.8 Å². The zero-order valence-corrected chi connectivity index (χ0v) is 10.7. The molecule has 2 nitrogen and oxygen atoms in total. The van der Waals surface area contributed by atoms with Crippen molar-refractivity contribution in [3.63, 3.8) is 0 Å². The van der Waals surface area contributed by atoms with E-state index in [0.29, 0.717) is 5.25 Å². The predicted molar refractivity (Wildman–Crippen MR) is 69.9 cm³/mol. The SMILES string of the molecule is Cc1ccc(C)c(C(N)CSC2COC2)c1. The minimum atomic E-state index is 0.144. The molecule has 1 aliphatic rings. The molecule has 2 N–H and O–H groups in total. The van der Waals surface area contributed by atoms with Crippen molar-refractivity contribution in [2.75, 3.05) is 19.0 Å². The smallest absolute Gasteiger partial charge is 0.0607 e. The van der Waals surface area contributed by atoms with Crippen molar-refractivity contribution >= 4 is 11.8 Å². The van der Waals surface area contributed by atoms with E-state index < -0.39 is 0 Å². The van der Waals surface area contributed by atoms with Crippen molar-refractivity contribution in [1.29, 1.82) is 0 Å². The Hall–Kier alpha value is -0.510. The highest BCUT2D eigenvalue weighted by molar-refractivity contribution is 8.00. The van der Waals surface area contributed by atoms with Gasteiger partial charge in [0.25, 0.3) is 0 Å². The van der Waals surface area contributed by atoms with Crippen LogP contribution in [0.1, 0.15) is 22.7 Å². The zero-order chi connectivity index (χ0) is 11.5. The molecule has 16 heavy (non-hydrogen) atoms. The monoisotopic (exact) mass is 237 g/mol. The number of thioether (sulfide) groups is 1. The van der Waals surface area contributed by atoms with Gasteiger partial charge in [0.2, 0.25) is 0 Å². The Morgan fingerprint density at radius 2 is 2.19 bits per heavy atom. The van der Waals surface area contributed by atoms with Gasteiger partial charge in [-0.05, 0) is 25.0 Å². The number of aryl methyl sites for hydroxylation is 2. The topological polar surface area (TPSA) is 35.2 Å². The van der Waals surface area contributed by atoms with Crippen LogP contribution in [0.4, 0.5) is 0 Å². The molecular formula is C13H19NOS. The first kappa shape index (κ1) is 12.0. The van der Waals surface area contributed by atoms with E-state index in [2.05, 4.69) is 32.0 Å². The first-order valence-corrected chi connectivity index (χ1v) is 6.74. The summed E-state index contributed by atoms with van der Waals surface area (Å²) in [4.78, 5) is 0. The van der Waals surface area contributed by atoms with Gasteiger partial charge in [0.15, 0.2) is 0 Å². The van der Waals surface area contributed by atoms with Gasteiger partial charge in [-0.3, -0.25) is 0 Å². The summed E-state index contributed by atoms with van der Waals surface area (Å²) in [5.41, 5.74) is 10.1. The van der Waals surface area contributed by atoms with Gasteiger partial charge in [-0.15, -0.1) is 0 Å². The standard InChI is InChI=1S/C13H19NOS/c1-9-3-4-10(2)12(5-9)13(14)8-16-11-6-15-7-11/h3-5,11,13H,6-8,14H2,1-2H3. The average Bonchev–Trinajstić information content (AvgIpc) is 2.19. The third-order valence-corrected chi connectivity index (χ3v) is 4.25. The summed E-state index contributed by atoms with van der Waals surface area (Å²) in [6.07, 6.45) is 0. The van der Waals surface area contributed by atoms with Crippen LogP contribution in [0.15, 0.2) is 18.2 Å². The molecule has 3 heteroatoms. The molecule has 1 fully saturated rings. The number of nitrogens with two attached hydrogens (primary N) is 1. The Balaban J connectivity index is 1.95. The number of benzene rings is 1. The lowest BCUT2D eigenvalue weighted by Crippen LogP contribution is -2.31. The summed E-state index contributed by atoms with van der Waals surface area (Å²) in [7, 11) is 0. The van der Waals surface area contributed by atoms with Crippen LogP contribution in [-0.2, 0) is 4.74 Å². The molecule has 0 bridgehead atoms. The van der Waals surface area contributed by atoms with Crippen LogP contribution in [0.5, 0.6) is 0 Å². The summed E-state index contributed by atoms with van der Waals surface area (Å²) < 4.78 is 5.15. The molecule has 1 atom stereocenters. The fourth-order valence-electron chi connectivity index (χ4n) is 1.80. The van der Waals surface area contributed by atoms with Crippen molar-refractivity contribution in [3.05, 3.63) is 34.9 Å². The van der Waals surface area contributed by atoms with Crippen LogP contribution in [0, 0.1) is 13.8 Å². The molecule has 1 aromatic rings. The van der Waals surface area contributed by atoms with Crippen molar-refractivity contribution in [2.24, 2.45) is 5.73 Å². The maximum absolute atomic E-state index is 6.23. The van der Waals surface area contributed by atoms with Gasteiger partial charge in [-0.2, -0.15) is 11.8 Å². The molecule has 1 aromatic carbocycles. The lowest BCUT2D eigenvalue weighted by molar-refractivity contribution is 0.0455. The van der Waals surface area contributed by atoms with Crippen molar-refractivity contribution in [3.8, 4) is 0 Å². The minimum Gasteiger partial charge on any atom is -0.379 e. The largest absolute Gasteiger partial charge is 0.379 e. The normalized spacial score (nSPS) is 18.2. The van der Waals surface area contributed by atoms with Crippen LogP contribution >= 0.6 is 11.8 Å². The Labute approximate surface area is 102 Å². The average molecular weight is 237 g/mol. The van der Waals surface area contributed by atoms with E-state index in [9.17, 15) is 0 Å². The lowest BCUT2D eigenvalue weighted by Gasteiger charge is -2.26. The molecule has 0 spiro atoms. The Morgan fingerprint density at radius 1 is 1.44 bits per heavy atom. The van der Waals surface area contributed by atoms with Crippen LogP contribution < -0.4 is 5.73 Å². The summed E-state index contributed by atoms with van der Waals surface area (Å²) in [6, 6.07) is 6.64. The van der Waals surface area contributed by atoms with Crippen molar-refractivity contribution < 1.29 is 4.74 Å². The number of ether oxygens (including phenoxy) is 1. The molecule has 0 saturated carbocycles. The molecular weight excluding hydrogens is 218 g/mol. The molecule has 1 heterocycles. The van der Waals surface area contributed by atoms with Crippen LogP contribution in [0.25, 0.3) is 0 Å². The highest BCUT2D eigenvalue weighted by Crippen LogP contribution is 2.25. The van der Waals surface area contributed by atoms with E-state index >= 15 is 0 Å². The maximum Gasteiger partial charge on any atom is 0.0607 e. The van der Waals surface area contributed by atoms with Gasteiger partial charge in [-0.1, -0.05) is 23.8 Å². The lowest BCUT2D eigenvalue weighted by atomic mass is 10.0. The summed E-state index contributed by atoms with van der Waals surface area (Å²) in [5.74, 6) is 0.984. The second kappa shape index (κ2) is 5.21. The fourth-order valence-corrected chi connectivity index (χ4v) is 2.84. The zero-order valence-electron chi connectivity index (χ0n) is 9.90. The van der Waals surface area contributed by atoms with Crippen LogP contribution in [0.3, 0.4) is 0 Å². The van der Waals surface area contributed by atoms with Crippen molar-refractivity contribution in [1.82, 2.24) is 0 Å². The van der Waals surface area contributed by atoms with E-state index in [1.165, 1.54) is 16.7 Å². The minimum absolute atomic E-state index is 0.144. The van der Waals surface area contributed by atoms with Gasteiger partial charge in [-0.25, -0.2) is 0 Å². The molecule has 1 unspecified atom stereocenters. The van der Waals surface area contributed by atoms with Gasteiger partial charge in [0.05, 0.1) is 18.5 Å². The number of hydrogen-bond acceptors (Lipinski definition) is 3. The second-order valence-electron chi connectivity index (χ2n) is 4.46. The van der Waals surface area contributed by atoms with Gasteiger partial charge >= 0.3 is 0 Å². The second-order valence-corrected chi connectivity index (χ2v) is 5.79. The third kappa shape index (κ3) is 2.78. The molecule has 0 aliphatic carbocycles. The summed E-state index contributed by atoms with van der Waals surface area (Å²) >= 11 is 1.93. The molecule has 1 saturated heterocycles. The Morgan fingerprint density at radius 3 is 2.81 bits per heavy atom. The quantitative estimate of drug-likeness (QED) is 0.873. The van der Waals surface area contributed by atoms with Crippen molar-refractivity contribution in [2.45, 2.75) is 25.1 Å². The van der Waals surface area contributed by atoms with Gasteiger partial charge < -0.3 is 10.5 Å². The van der Waals surface area contributed by atoms with Gasteiger partial charge in [0, 0.05) is 11.8 Å². The number of hydrogen-bond donors (Lipinski definition) is 1. The first-order valence-electron chi connectivity index (χ1n) is 5.69. The first-order chi connectivity index (χ1) is 7.66. The Bertz CT molecular complexity index is 363. The van der Waals surface area contributed by atoms with Crippen LogP contribution in [0.2, 0.25) is 0 Å². The molecule has 1 aliphatic heterocycles. The molecule has 2 rings (SSSR count). The summed E-state index contributed by atoms with van der Waals surface area (Å²) in [5, 5.41) is 0.663. The number of rotatable bonds is 4. The molecule has 0 radical (unpaired) electrons. The van der Waals surface area contributed by atoms with Gasteiger partial charge in [0.1, 0.15) is 0 Å². The highest BCUT2D eigenvalue weighted by atomic mass is 32.2. The highest BCUT2D eigenvalue weighted by Gasteiger charge is 2.20. The van der Waals surface area contributed by atoms with Crippen LogP contribution in [-0.4, -0.2) is 24.2 Å². The molecule has 88 valence electrons. The molecule has 0 amide bonds. The Kier molecular flexibility index (Phi) is 3.90.